The van der Waals surface area contributed by atoms with Crippen LogP contribution in [0.15, 0.2) is 30.3 Å². The van der Waals surface area contributed by atoms with Gasteiger partial charge in [-0.2, -0.15) is 4.52 Å². The summed E-state index contributed by atoms with van der Waals surface area (Å²) in [5.74, 6) is 0.774. The lowest BCUT2D eigenvalue weighted by Crippen LogP contribution is -2.31. The molecule has 3 aromatic heterocycles. The average Bonchev–Trinajstić information content (AvgIpc) is 3.36. The molecule has 0 unspecified atom stereocenters. The number of anilines is 1. The topological polar surface area (TPSA) is 111 Å². The molecule has 10 nitrogen and oxygen atoms in total. The van der Waals surface area contributed by atoms with E-state index in [-0.39, 0.29) is 6.03 Å². The fourth-order valence-electron chi connectivity index (χ4n) is 3.45. The normalized spacial score (nSPS) is 11.3. The second-order valence-corrected chi connectivity index (χ2v) is 6.89. The molecule has 0 bridgehead atoms. The van der Waals surface area contributed by atoms with E-state index in [1.165, 1.54) is 0 Å². The maximum atomic E-state index is 12.2. The number of nitrogens with one attached hydrogen (secondary N) is 2. The van der Waals surface area contributed by atoms with E-state index in [4.69, 9.17) is 9.72 Å². The molecule has 0 aliphatic heterocycles. The van der Waals surface area contributed by atoms with Crippen molar-refractivity contribution in [2.75, 3.05) is 18.5 Å². The largest absolute Gasteiger partial charge is 0.374 e. The average molecular weight is 408 g/mol. The molecule has 2 N–H and O–H groups in total. The number of hydrogen-bond donors (Lipinski definition) is 2. The first-order valence-corrected chi connectivity index (χ1v) is 9.84. The summed E-state index contributed by atoms with van der Waals surface area (Å²) in [6, 6.07) is 9.07. The molecule has 30 heavy (non-hydrogen) atoms. The highest BCUT2D eigenvalue weighted by atomic mass is 16.5. The number of aryl methyl sites for hydroxylation is 2. The van der Waals surface area contributed by atoms with Crippen molar-refractivity contribution in [3.63, 3.8) is 0 Å². The third-order valence-corrected chi connectivity index (χ3v) is 5.03. The number of para-hydroxylation sites is 1. The van der Waals surface area contributed by atoms with Gasteiger partial charge in [0.05, 0.1) is 5.52 Å². The summed E-state index contributed by atoms with van der Waals surface area (Å²) in [7, 11) is 0. The molecule has 0 spiro atoms. The Labute approximate surface area is 173 Å². The molecule has 0 saturated heterocycles. The van der Waals surface area contributed by atoms with Gasteiger partial charge in [-0.1, -0.05) is 18.2 Å². The van der Waals surface area contributed by atoms with Crippen molar-refractivity contribution in [1.82, 2.24) is 34.9 Å². The number of fused-ring (bicyclic) bond motifs is 3. The van der Waals surface area contributed by atoms with Gasteiger partial charge < -0.3 is 19.9 Å². The zero-order valence-corrected chi connectivity index (χ0v) is 17.2. The first-order valence-electron chi connectivity index (χ1n) is 9.84. The monoisotopic (exact) mass is 408 g/mol. The third-order valence-electron chi connectivity index (χ3n) is 5.03. The van der Waals surface area contributed by atoms with E-state index in [9.17, 15) is 4.79 Å². The Morgan fingerprint density at radius 3 is 2.77 bits per heavy atom. The number of tetrazole rings is 1. The quantitative estimate of drug-likeness (QED) is 0.486. The predicted octanol–water partition coefficient (Wildman–Crippen LogP) is 2.45. The molecule has 0 radical (unpaired) electrons. The Bertz CT molecular complexity index is 1180. The van der Waals surface area contributed by atoms with E-state index in [1.807, 2.05) is 51.1 Å². The van der Waals surface area contributed by atoms with Gasteiger partial charge in [0.25, 0.3) is 0 Å². The number of pyridine rings is 1. The van der Waals surface area contributed by atoms with Crippen molar-refractivity contribution in [3.05, 3.63) is 47.4 Å². The van der Waals surface area contributed by atoms with E-state index in [0.717, 1.165) is 33.8 Å². The third kappa shape index (κ3) is 3.69. The van der Waals surface area contributed by atoms with Crippen LogP contribution >= 0.6 is 0 Å². The van der Waals surface area contributed by atoms with E-state index in [1.54, 1.807) is 4.52 Å². The van der Waals surface area contributed by atoms with Crippen molar-refractivity contribution in [3.8, 4) is 0 Å². The number of urea groups is 1. The van der Waals surface area contributed by atoms with Gasteiger partial charge in [-0.25, -0.2) is 9.78 Å². The second-order valence-electron chi connectivity index (χ2n) is 6.89. The van der Waals surface area contributed by atoms with E-state index in [2.05, 4.69) is 30.7 Å². The van der Waals surface area contributed by atoms with Crippen molar-refractivity contribution in [2.45, 2.75) is 33.9 Å². The molecule has 1 aromatic carbocycles. The summed E-state index contributed by atoms with van der Waals surface area (Å²) >= 11 is 0. The van der Waals surface area contributed by atoms with Gasteiger partial charge >= 0.3 is 6.03 Å². The molecule has 0 atom stereocenters. The number of hydrogen-bond acceptors (Lipinski definition) is 6. The van der Waals surface area contributed by atoms with Gasteiger partial charge in [0, 0.05) is 31.1 Å². The minimum atomic E-state index is -0.256. The number of benzene rings is 1. The zero-order chi connectivity index (χ0) is 21.1. The van der Waals surface area contributed by atoms with Crippen LogP contribution in [0.2, 0.25) is 0 Å². The number of aromatic nitrogens is 6. The van der Waals surface area contributed by atoms with Crippen molar-refractivity contribution in [1.29, 1.82) is 0 Å². The number of imidazole rings is 1. The molecule has 4 rings (SSSR count). The van der Waals surface area contributed by atoms with E-state index < -0.39 is 0 Å². The molecule has 156 valence electrons. The highest BCUT2D eigenvalue weighted by Gasteiger charge is 2.20. The lowest BCUT2D eigenvalue weighted by molar-refractivity contribution is 0.126. The van der Waals surface area contributed by atoms with Gasteiger partial charge in [-0.15, -0.1) is 5.10 Å². The number of amides is 2. The Morgan fingerprint density at radius 2 is 2.00 bits per heavy atom. The van der Waals surface area contributed by atoms with E-state index in [0.29, 0.717) is 32.0 Å². The second kappa shape index (κ2) is 8.46. The van der Waals surface area contributed by atoms with Gasteiger partial charge in [0.1, 0.15) is 17.9 Å². The minimum absolute atomic E-state index is 0.256. The van der Waals surface area contributed by atoms with Crippen LogP contribution in [0.25, 0.3) is 16.7 Å². The van der Waals surface area contributed by atoms with Gasteiger partial charge in [-0.05, 0) is 48.9 Å². The standard InChI is InChI=1S/C20H24N8O2/c1-4-30-12-16-23-17-18(13(2)14(3)28-19(17)24-25-26-28)27(16)11-10-21-20(29)22-15-8-6-5-7-9-15/h5-9H,4,10-12H2,1-3H3,(H2,21,22,29). The molecule has 10 heteroatoms. The number of ether oxygens (including phenoxy) is 1. The highest BCUT2D eigenvalue weighted by molar-refractivity contribution is 5.91. The summed E-state index contributed by atoms with van der Waals surface area (Å²) in [5.41, 5.74) is 5.02. The Kier molecular flexibility index (Phi) is 5.57. The number of carbonyl (C=O) groups is 1. The summed E-state index contributed by atoms with van der Waals surface area (Å²) < 4.78 is 9.39. The van der Waals surface area contributed by atoms with Crippen LogP contribution in [0.3, 0.4) is 0 Å². The van der Waals surface area contributed by atoms with Crippen LogP contribution in [0.4, 0.5) is 10.5 Å². The number of nitrogens with zero attached hydrogens (tertiary/aromatic N) is 6. The molecule has 3 heterocycles. The maximum absolute atomic E-state index is 12.2. The molecule has 0 saturated carbocycles. The Balaban J connectivity index is 1.60. The smallest absolute Gasteiger partial charge is 0.319 e. The highest BCUT2D eigenvalue weighted by Crippen LogP contribution is 2.26. The molecule has 0 fully saturated rings. The van der Waals surface area contributed by atoms with Crippen LogP contribution < -0.4 is 10.6 Å². The molecular weight excluding hydrogens is 384 g/mol. The van der Waals surface area contributed by atoms with Crippen LogP contribution in [0, 0.1) is 13.8 Å². The van der Waals surface area contributed by atoms with Crippen LogP contribution in [0.1, 0.15) is 24.0 Å². The van der Waals surface area contributed by atoms with Crippen LogP contribution in [0.5, 0.6) is 0 Å². The van der Waals surface area contributed by atoms with Crippen LogP contribution in [-0.2, 0) is 17.9 Å². The molecular formula is C20H24N8O2. The minimum Gasteiger partial charge on any atom is -0.374 e. The van der Waals surface area contributed by atoms with Gasteiger partial charge in [0.2, 0.25) is 5.65 Å². The fraction of sp³-hybridized carbons (Fsp3) is 0.350. The number of rotatable bonds is 7. The summed E-state index contributed by atoms with van der Waals surface area (Å²) in [5, 5.41) is 17.7. The molecule has 2 amide bonds. The van der Waals surface area contributed by atoms with Crippen molar-refractivity contribution < 1.29 is 9.53 Å². The predicted molar refractivity (Wildman–Crippen MR) is 112 cm³/mol. The zero-order valence-electron chi connectivity index (χ0n) is 17.2. The van der Waals surface area contributed by atoms with Crippen LogP contribution in [-0.4, -0.2) is 48.8 Å². The Hall–Kier alpha value is -3.53. The summed E-state index contributed by atoms with van der Waals surface area (Å²) in [4.78, 5) is 17.0. The first kappa shape index (κ1) is 19.8. The Morgan fingerprint density at radius 1 is 1.20 bits per heavy atom. The van der Waals surface area contributed by atoms with Crippen molar-refractivity contribution >= 4 is 28.4 Å². The van der Waals surface area contributed by atoms with Gasteiger partial charge in [0.15, 0.2) is 0 Å². The maximum Gasteiger partial charge on any atom is 0.319 e. The van der Waals surface area contributed by atoms with Gasteiger partial charge in [-0.3, -0.25) is 0 Å². The first-order chi connectivity index (χ1) is 14.6. The lowest BCUT2D eigenvalue weighted by atomic mass is 10.2. The molecule has 4 aromatic rings. The fourth-order valence-corrected chi connectivity index (χ4v) is 3.45. The summed E-state index contributed by atoms with van der Waals surface area (Å²) in [6.45, 7) is 7.87. The molecule has 0 aliphatic rings. The SMILES string of the molecule is CCOCc1nc2c(c(C)c(C)n3nnnc23)n1CCNC(=O)Nc1ccccc1. The molecule has 0 aliphatic carbocycles. The van der Waals surface area contributed by atoms with Crippen molar-refractivity contribution in [2.24, 2.45) is 0 Å². The lowest BCUT2D eigenvalue weighted by Gasteiger charge is -2.13. The summed E-state index contributed by atoms with van der Waals surface area (Å²) in [6.07, 6.45) is 0. The number of carbonyl (C=O) groups excluding carboxylic acids is 1. The van der Waals surface area contributed by atoms with E-state index >= 15 is 0 Å².